The number of aromatic amines is 1. The van der Waals surface area contributed by atoms with Gasteiger partial charge in [-0.15, -0.1) is 11.3 Å². The van der Waals surface area contributed by atoms with Gasteiger partial charge in [-0.3, -0.25) is 9.89 Å². The van der Waals surface area contributed by atoms with Gasteiger partial charge in [0.05, 0.1) is 11.1 Å². The van der Waals surface area contributed by atoms with Gasteiger partial charge in [0.2, 0.25) is 0 Å². The Bertz CT molecular complexity index is 377. The lowest BCUT2D eigenvalue weighted by atomic mass is 10.3. The molecular weight excluding hydrogens is 172 g/mol. The molecule has 2 heterocycles. The van der Waals surface area contributed by atoms with Crippen LogP contribution in [0.4, 0.5) is 0 Å². The van der Waals surface area contributed by atoms with Crippen molar-refractivity contribution in [3.05, 3.63) is 29.4 Å². The molecule has 0 aliphatic rings. The van der Waals surface area contributed by atoms with Crippen LogP contribution in [0.3, 0.4) is 0 Å². The van der Waals surface area contributed by atoms with Crippen LogP contribution in [0.15, 0.2) is 24.5 Å². The van der Waals surface area contributed by atoms with Gasteiger partial charge in [0.1, 0.15) is 0 Å². The molecule has 60 valence electrons. The first-order chi connectivity index (χ1) is 5.90. The van der Waals surface area contributed by atoms with E-state index in [9.17, 15) is 4.79 Å². The van der Waals surface area contributed by atoms with Crippen molar-refractivity contribution in [2.45, 2.75) is 0 Å². The zero-order valence-electron chi connectivity index (χ0n) is 6.15. The van der Waals surface area contributed by atoms with Crippen LogP contribution in [-0.4, -0.2) is 16.5 Å². The number of rotatable bonds is 2. The third-order valence-corrected chi connectivity index (χ3v) is 2.59. The summed E-state index contributed by atoms with van der Waals surface area (Å²) in [5.41, 5.74) is 1.02. The molecule has 3 nitrogen and oxygen atoms in total. The maximum atomic E-state index is 10.4. The van der Waals surface area contributed by atoms with Crippen LogP contribution in [0.25, 0.3) is 10.4 Å². The van der Waals surface area contributed by atoms with Gasteiger partial charge in [0, 0.05) is 16.6 Å². The number of H-pyrrole nitrogens is 1. The molecule has 0 atom stereocenters. The molecule has 0 saturated carbocycles. The van der Waals surface area contributed by atoms with E-state index in [0.717, 1.165) is 21.6 Å². The average molecular weight is 178 g/mol. The number of carbonyl (C=O) groups is 1. The highest BCUT2D eigenvalue weighted by Crippen LogP contribution is 2.25. The molecule has 0 unspecified atom stereocenters. The predicted octanol–water partition coefficient (Wildman–Crippen LogP) is 1.95. The maximum Gasteiger partial charge on any atom is 0.160 e. The molecule has 0 saturated heterocycles. The van der Waals surface area contributed by atoms with E-state index in [4.69, 9.17) is 0 Å². The first-order valence-electron chi connectivity index (χ1n) is 3.44. The number of hydrogen-bond acceptors (Lipinski definition) is 3. The Labute approximate surface area is 73.1 Å². The Morgan fingerprint density at radius 2 is 2.42 bits per heavy atom. The second-order valence-corrected chi connectivity index (χ2v) is 3.42. The van der Waals surface area contributed by atoms with Gasteiger partial charge in [0.25, 0.3) is 0 Å². The smallest absolute Gasteiger partial charge is 0.160 e. The van der Waals surface area contributed by atoms with Crippen LogP contribution >= 0.6 is 11.3 Å². The van der Waals surface area contributed by atoms with E-state index in [1.807, 2.05) is 6.07 Å². The van der Waals surface area contributed by atoms with Gasteiger partial charge in [-0.25, -0.2) is 0 Å². The zero-order chi connectivity index (χ0) is 8.39. The Kier molecular flexibility index (Phi) is 1.75. The van der Waals surface area contributed by atoms with Crippen LogP contribution in [0.5, 0.6) is 0 Å². The molecule has 12 heavy (non-hydrogen) atoms. The largest absolute Gasteiger partial charge is 0.297 e. The fourth-order valence-corrected chi connectivity index (χ4v) is 1.76. The summed E-state index contributed by atoms with van der Waals surface area (Å²) in [5.74, 6) is 0. The highest BCUT2D eigenvalue weighted by Gasteiger charge is 2.01. The third kappa shape index (κ3) is 1.16. The van der Waals surface area contributed by atoms with Crippen molar-refractivity contribution in [2.75, 3.05) is 0 Å². The number of thiophene rings is 1. The molecule has 0 aromatic carbocycles. The molecule has 0 spiro atoms. The van der Waals surface area contributed by atoms with Crippen LogP contribution in [0.1, 0.15) is 9.67 Å². The Morgan fingerprint density at radius 1 is 1.50 bits per heavy atom. The van der Waals surface area contributed by atoms with Gasteiger partial charge < -0.3 is 0 Å². The van der Waals surface area contributed by atoms with Crippen LogP contribution in [0, 0.1) is 0 Å². The van der Waals surface area contributed by atoms with E-state index in [0.29, 0.717) is 0 Å². The average Bonchev–Trinajstić information content (AvgIpc) is 2.75. The van der Waals surface area contributed by atoms with E-state index in [1.165, 1.54) is 11.3 Å². The van der Waals surface area contributed by atoms with Crippen molar-refractivity contribution in [2.24, 2.45) is 0 Å². The summed E-state index contributed by atoms with van der Waals surface area (Å²) in [7, 11) is 0. The minimum atomic E-state index is 0.742. The predicted molar refractivity (Wildman–Crippen MR) is 47.3 cm³/mol. The summed E-state index contributed by atoms with van der Waals surface area (Å²) in [6.07, 6.45) is 4.40. The molecule has 2 aromatic heterocycles. The summed E-state index contributed by atoms with van der Waals surface area (Å²) in [6, 6.07) is 3.72. The minimum absolute atomic E-state index is 0.742. The number of aromatic nitrogens is 2. The molecule has 4 heteroatoms. The molecule has 0 aliphatic carbocycles. The number of nitrogens with one attached hydrogen (secondary N) is 1. The number of aldehydes is 1. The highest BCUT2D eigenvalue weighted by atomic mass is 32.1. The zero-order valence-corrected chi connectivity index (χ0v) is 6.97. The van der Waals surface area contributed by atoms with E-state index in [2.05, 4.69) is 10.2 Å². The van der Waals surface area contributed by atoms with Gasteiger partial charge in [-0.05, 0) is 12.1 Å². The molecule has 0 fully saturated rings. The molecule has 0 amide bonds. The van der Waals surface area contributed by atoms with Crippen molar-refractivity contribution in [1.29, 1.82) is 0 Å². The number of hydrogen-bond donors (Lipinski definition) is 1. The second kappa shape index (κ2) is 2.91. The molecule has 2 rings (SSSR count). The molecule has 0 radical (unpaired) electrons. The van der Waals surface area contributed by atoms with Gasteiger partial charge in [0.15, 0.2) is 6.29 Å². The topological polar surface area (TPSA) is 45.8 Å². The molecule has 2 aromatic rings. The molecule has 0 aliphatic heterocycles. The van der Waals surface area contributed by atoms with Gasteiger partial charge in [-0.2, -0.15) is 5.10 Å². The van der Waals surface area contributed by atoms with Crippen molar-refractivity contribution in [3.8, 4) is 10.4 Å². The van der Waals surface area contributed by atoms with Crippen molar-refractivity contribution in [3.63, 3.8) is 0 Å². The van der Waals surface area contributed by atoms with E-state index < -0.39 is 0 Å². The maximum absolute atomic E-state index is 10.4. The summed E-state index contributed by atoms with van der Waals surface area (Å²) in [4.78, 5) is 12.2. The highest BCUT2D eigenvalue weighted by molar-refractivity contribution is 7.17. The van der Waals surface area contributed by atoms with E-state index in [1.54, 1.807) is 18.5 Å². The van der Waals surface area contributed by atoms with Crippen molar-refractivity contribution >= 4 is 17.6 Å². The fraction of sp³-hybridized carbons (Fsp3) is 0. The van der Waals surface area contributed by atoms with E-state index in [-0.39, 0.29) is 0 Å². The lowest BCUT2D eigenvalue weighted by molar-refractivity contribution is 0.112. The number of carbonyl (C=O) groups excluding carboxylic acids is 1. The summed E-state index contributed by atoms with van der Waals surface area (Å²) < 4.78 is 0. The Morgan fingerprint density at radius 3 is 3.00 bits per heavy atom. The third-order valence-electron chi connectivity index (χ3n) is 1.53. The van der Waals surface area contributed by atoms with Gasteiger partial charge in [-0.1, -0.05) is 0 Å². The second-order valence-electron chi connectivity index (χ2n) is 2.31. The Balaban J connectivity index is 2.41. The molecule has 1 N–H and O–H groups in total. The SMILES string of the molecule is O=Cc1ccc(-c2cn[nH]c2)s1. The van der Waals surface area contributed by atoms with Crippen LogP contribution < -0.4 is 0 Å². The summed E-state index contributed by atoms with van der Waals surface area (Å²) >= 11 is 1.46. The van der Waals surface area contributed by atoms with Crippen molar-refractivity contribution < 1.29 is 4.79 Å². The van der Waals surface area contributed by atoms with Gasteiger partial charge >= 0.3 is 0 Å². The monoisotopic (exact) mass is 178 g/mol. The normalized spacial score (nSPS) is 10.0. The molecule has 0 bridgehead atoms. The molecular formula is C8H6N2OS. The first-order valence-corrected chi connectivity index (χ1v) is 4.26. The minimum Gasteiger partial charge on any atom is -0.297 e. The lowest BCUT2D eigenvalue weighted by Gasteiger charge is -1.84. The standard InChI is InChI=1S/C8H6N2OS/c11-5-7-1-2-8(12-7)6-3-9-10-4-6/h1-5H,(H,9,10). The first kappa shape index (κ1) is 7.24. The van der Waals surface area contributed by atoms with Crippen molar-refractivity contribution in [1.82, 2.24) is 10.2 Å². The Hall–Kier alpha value is -1.42. The summed E-state index contributed by atoms with van der Waals surface area (Å²) in [5, 5.41) is 6.55. The lowest BCUT2D eigenvalue weighted by Crippen LogP contribution is -1.63. The van der Waals surface area contributed by atoms with Crippen LogP contribution in [-0.2, 0) is 0 Å². The van der Waals surface area contributed by atoms with E-state index >= 15 is 0 Å². The quantitative estimate of drug-likeness (QED) is 0.714. The van der Waals surface area contributed by atoms with Crippen LogP contribution in [0.2, 0.25) is 0 Å². The number of nitrogens with zero attached hydrogens (tertiary/aromatic N) is 1. The fourth-order valence-electron chi connectivity index (χ4n) is 0.957. The summed E-state index contributed by atoms with van der Waals surface area (Å²) in [6.45, 7) is 0.